The van der Waals surface area contributed by atoms with Crippen molar-refractivity contribution in [3.8, 4) is 0 Å². The SMILES string of the molecule is O=C(O)CCC(CCC(=O)O)(CCC(=O)O)NC(=O)NCCN1CCOCC1. The van der Waals surface area contributed by atoms with E-state index in [1.807, 2.05) is 0 Å². The second kappa shape index (κ2) is 12.1. The second-order valence-electron chi connectivity index (χ2n) is 6.80. The summed E-state index contributed by atoms with van der Waals surface area (Å²) in [5.41, 5.74) is -1.22. The van der Waals surface area contributed by atoms with Crippen molar-refractivity contribution in [1.82, 2.24) is 15.5 Å². The van der Waals surface area contributed by atoms with Crippen molar-refractivity contribution >= 4 is 23.9 Å². The van der Waals surface area contributed by atoms with Crippen LogP contribution in [0.5, 0.6) is 0 Å². The quantitative estimate of drug-likeness (QED) is 0.283. The van der Waals surface area contributed by atoms with Crippen molar-refractivity contribution in [1.29, 1.82) is 0 Å². The van der Waals surface area contributed by atoms with E-state index in [1.54, 1.807) is 0 Å². The molecule has 0 unspecified atom stereocenters. The van der Waals surface area contributed by atoms with Crippen LogP contribution in [-0.2, 0) is 19.1 Å². The number of aliphatic carboxylic acids is 3. The maximum absolute atomic E-state index is 12.3. The molecule has 1 fully saturated rings. The van der Waals surface area contributed by atoms with Gasteiger partial charge in [-0.15, -0.1) is 0 Å². The number of nitrogens with one attached hydrogen (secondary N) is 2. The molecule has 0 saturated carbocycles. The highest BCUT2D eigenvalue weighted by molar-refractivity contribution is 5.75. The summed E-state index contributed by atoms with van der Waals surface area (Å²) in [7, 11) is 0. The van der Waals surface area contributed by atoms with Gasteiger partial charge in [-0.05, 0) is 19.3 Å². The Morgan fingerprint density at radius 3 is 1.75 bits per heavy atom. The van der Waals surface area contributed by atoms with Gasteiger partial charge in [0.05, 0.1) is 13.2 Å². The Morgan fingerprint density at radius 2 is 1.32 bits per heavy atom. The number of morpholine rings is 1. The molecule has 0 aromatic carbocycles. The Hall–Kier alpha value is -2.40. The molecule has 0 atom stereocenters. The lowest BCUT2D eigenvalue weighted by molar-refractivity contribution is -0.137. The first-order valence-electron chi connectivity index (χ1n) is 9.24. The molecule has 160 valence electrons. The summed E-state index contributed by atoms with van der Waals surface area (Å²) >= 11 is 0. The summed E-state index contributed by atoms with van der Waals surface area (Å²) in [5, 5.41) is 32.2. The van der Waals surface area contributed by atoms with Crippen LogP contribution in [0.4, 0.5) is 4.79 Å². The fourth-order valence-electron chi connectivity index (χ4n) is 3.04. The third kappa shape index (κ3) is 10.1. The van der Waals surface area contributed by atoms with Gasteiger partial charge in [0.2, 0.25) is 0 Å². The van der Waals surface area contributed by atoms with Gasteiger partial charge < -0.3 is 30.7 Å². The molecule has 1 rings (SSSR count). The van der Waals surface area contributed by atoms with Gasteiger partial charge in [0.25, 0.3) is 0 Å². The van der Waals surface area contributed by atoms with E-state index in [0.29, 0.717) is 26.3 Å². The summed E-state index contributed by atoms with van der Waals surface area (Å²) in [6.45, 7) is 3.76. The van der Waals surface area contributed by atoms with E-state index in [1.165, 1.54) is 0 Å². The van der Waals surface area contributed by atoms with Crippen LogP contribution in [0.3, 0.4) is 0 Å². The van der Waals surface area contributed by atoms with Gasteiger partial charge in [-0.2, -0.15) is 0 Å². The summed E-state index contributed by atoms with van der Waals surface area (Å²) in [5.74, 6) is -3.32. The topological polar surface area (TPSA) is 166 Å². The van der Waals surface area contributed by atoms with Crippen LogP contribution >= 0.6 is 0 Å². The number of urea groups is 1. The molecule has 0 bridgehead atoms. The molecule has 1 aliphatic heterocycles. The summed E-state index contributed by atoms with van der Waals surface area (Å²) < 4.78 is 5.25. The largest absolute Gasteiger partial charge is 0.481 e. The van der Waals surface area contributed by atoms with Crippen molar-refractivity contribution in [3.63, 3.8) is 0 Å². The first kappa shape index (κ1) is 23.6. The number of ether oxygens (including phenoxy) is 1. The van der Waals surface area contributed by atoms with E-state index >= 15 is 0 Å². The lowest BCUT2D eigenvalue weighted by Gasteiger charge is -2.34. The van der Waals surface area contributed by atoms with Crippen LogP contribution < -0.4 is 10.6 Å². The Kier molecular flexibility index (Phi) is 10.2. The van der Waals surface area contributed by atoms with Crippen LogP contribution in [0.1, 0.15) is 38.5 Å². The van der Waals surface area contributed by atoms with Crippen molar-refractivity contribution in [2.24, 2.45) is 0 Å². The predicted octanol–water partition coefficient (Wildman–Crippen LogP) is -0.0490. The molecule has 0 aliphatic carbocycles. The number of nitrogens with zero attached hydrogens (tertiary/aromatic N) is 1. The average Bonchev–Trinajstić information content (AvgIpc) is 2.63. The molecule has 11 heteroatoms. The van der Waals surface area contributed by atoms with Crippen molar-refractivity contribution < 1.29 is 39.2 Å². The molecule has 0 radical (unpaired) electrons. The first-order valence-corrected chi connectivity index (χ1v) is 9.24. The Bertz CT molecular complexity index is 503. The molecular formula is C17H29N3O8. The second-order valence-corrected chi connectivity index (χ2v) is 6.80. The lowest BCUT2D eigenvalue weighted by Crippen LogP contribution is -2.54. The van der Waals surface area contributed by atoms with E-state index in [-0.39, 0.29) is 38.5 Å². The molecule has 2 amide bonds. The average molecular weight is 403 g/mol. The van der Waals surface area contributed by atoms with E-state index in [0.717, 1.165) is 13.1 Å². The number of rotatable bonds is 13. The Labute approximate surface area is 163 Å². The smallest absolute Gasteiger partial charge is 0.315 e. The van der Waals surface area contributed by atoms with Gasteiger partial charge in [0.1, 0.15) is 0 Å². The van der Waals surface area contributed by atoms with Crippen LogP contribution in [0.15, 0.2) is 0 Å². The number of hydrogen-bond donors (Lipinski definition) is 5. The molecule has 1 heterocycles. The van der Waals surface area contributed by atoms with Gasteiger partial charge >= 0.3 is 23.9 Å². The van der Waals surface area contributed by atoms with E-state index in [4.69, 9.17) is 20.1 Å². The summed E-state index contributed by atoms with van der Waals surface area (Å²) in [6, 6.07) is -0.575. The highest BCUT2D eigenvalue weighted by atomic mass is 16.5. The molecule has 1 aliphatic rings. The minimum absolute atomic E-state index is 0.0558. The van der Waals surface area contributed by atoms with Crippen molar-refractivity contribution in [2.75, 3.05) is 39.4 Å². The zero-order chi connectivity index (χ0) is 21.0. The van der Waals surface area contributed by atoms with Gasteiger partial charge in [0.15, 0.2) is 0 Å². The molecule has 0 aromatic heterocycles. The van der Waals surface area contributed by atoms with Gasteiger partial charge in [-0.25, -0.2) is 4.79 Å². The number of amides is 2. The molecule has 5 N–H and O–H groups in total. The maximum Gasteiger partial charge on any atom is 0.315 e. The van der Waals surface area contributed by atoms with Crippen LogP contribution in [-0.4, -0.2) is 89.1 Å². The number of carboxylic acid groups (broad SMARTS) is 3. The number of carboxylic acids is 3. The standard InChI is InChI=1S/C17H29N3O8/c21-13(22)1-4-17(5-2-14(23)24,6-3-15(25)26)19-16(27)18-7-8-20-9-11-28-12-10-20/h1-12H2,(H,21,22)(H,23,24)(H,25,26)(H2,18,19,27). The van der Waals surface area contributed by atoms with Crippen molar-refractivity contribution in [3.05, 3.63) is 0 Å². The highest BCUT2D eigenvalue weighted by Crippen LogP contribution is 2.26. The number of hydrogen-bond acceptors (Lipinski definition) is 6. The highest BCUT2D eigenvalue weighted by Gasteiger charge is 2.33. The van der Waals surface area contributed by atoms with Crippen LogP contribution in [0, 0.1) is 0 Å². The summed E-state index contributed by atoms with van der Waals surface area (Å²) in [4.78, 5) is 47.4. The molecule has 11 nitrogen and oxygen atoms in total. The molecular weight excluding hydrogens is 374 g/mol. The molecule has 1 saturated heterocycles. The van der Waals surface area contributed by atoms with Crippen LogP contribution in [0.2, 0.25) is 0 Å². The fraction of sp³-hybridized carbons (Fsp3) is 0.765. The zero-order valence-corrected chi connectivity index (χ0v) is 15.8. The number of carbonyl (C=O) groups excluding carboxylic acids is 1. The molecule has 0 spiro atoms. The normalized spacial score (nSPS) is 15.0. The molecule has 0 aromatic rings. The number of carbonyl (C=O) groups is 4. The monoisotopic (exact) mass is 403 g/mol. The van der Waals surface area contributed by atoms with E-state index in [9.17, 15) is 19.2 Å². The lowest BCUT2D eigenvalue weighted by atomic mass is 9.83. The van der Waals surface area contributed by atoms with Gasteiger partial charge in [-0.3, -0.25) is 19.3 Å². The molecule has 28 heavy (non-hydrogen) atoms. The van der Waals surface area contributed by atoms with E-state index in [2.05, 4.69) is 15.5 Å². The minimum atomic E-state index is -1.22. The van der Waals surface area contributed by atoms with Gasteiger partial charge in [-0.1, -0.05) is 0 Å². The van der Waals surface area contributed by atoms with Gasteiger partial charge in [0, 0.05) is 51.0 Å². The summed E-state index contributed by atoms with van der Waals surface area (Å²) in [6.07, 6.45) is -1.10. The first-order chi connectivity index (χ1) is 13.2. The van der Waals surface area contributed by atoms with Crippen LogP contribution in [0.25, 0.3) is 0 Å². The maximum atomic E-state index is 12.3. The Morgan fingerprint density at radius 1 is 0.857 bits per heavy atom. The minimum Gasteiger partial charge on any atom is -0.481 e. The zero-order valence-electron chi connectivity index (χ0n) is 15.8. The van der Waals surface area contributed by atoms with Crippen molar-refractivity contribution in [2.45, 2.75) is 44.1 Å². The predicted molar refractivity (Wildman–Crippen MR) is 97.1 cm³/mol. The third-order valence-electron chi connectivity index (χ3n) is 4.65. The van der Waals surface area contributed by atoms with E-state index < -0.39 is 29.5 Å². The Balaban J connectivity index is 2.68. The third-order valence-corrected chi connectivity index (χ3v) is 4.65. The fourth-order valence-corrected chi connectivity index (χ4v) is 3.04.